The van der Waals surface area contributed by atoms with Crippen molar-refractivity contribution in [1.82, 2.24) is 5.32 Å². The van der Waals surface area contributed by atoms with Crippen LogP contribution >= 0.6 is 0 Å². The first-order valence-electron chi connectivity index (χ1n) is 11.4. The number of carbonyl (C=O) groups is 3. The highest BCUT2D eigenvalue weighted by molar-refractivity contribution is 6.15. The van der Waals surface area contributed by atoms with Crippen LogP contribution in [-0.4, -0.2) is 47.7 Å². The van der Waals surface area contributed by atoms with Crippen molar-refractivity contribution in [2.45, 2.75) is 13.3 Å². The molecule has 3 aromatic rings. The Bertz CT molecular complexity index is 1480. The van der Waals surface area contributed by atoms with E-state index in [9.17, 15) is 19.5 Å². The van der Waals surface area contributed by atoms with Gasteiger partial charge in [-0.2, -0.15) is 5.10 Å². The topological polar surface area (TPSA) is 139 Å². The van der Waals surface area contributed by atoms with E-state index in [1.54, 1.807) is 18.2 Å². The van der Waals surface area contributed by atoms with Crippen LogP contribution in [0.3, 0.4) is 0 Å². The number of nitrogens with one attached hydrogen (secondary N) is 2. The first-order valence-corrected chi connectivity index (χ1v) is 11.4. The molecule has 0 bridgehead atoms. The minimum Gasteiger partial charge on any atom is -0.478 e. The van der Waals surface area contributed by atoms with E-state index >= 15 is 0 Å². The molecule has 0 fully saturated rings. The summed E-state index contributed by atoms with van der Waals surface area (Å²) in [5.74, 6) is -0.973. The molecule has 37 heavy (non-hydrogen) atoms. The SMILES string of the molecule is CC1=NN=C(c2ccc(NC(=O)CNC(=O)c3ccccc3C(=O)O)cc2)c2cc3c(cc2C1)OCO3. The average molecular weight is 498 g/mol. The number of hydrogen-bond acceptors (Lipinski definition) is 7. The minimum absolute atomic E-state index is 0.0166. The lowest BCUT2D eigenvalue weighted by atomic mass is 9.94. The second-order valence-electron chi connectivity index (χ2n) is 8.48. The normalized spacial score (nSPS) is 13.5. The molecule has 0 saturated heterocycles. The molecule has 0 aromatic heterocycles. The van der Waals surface area contributed by atoms with Crippen molar-refractivity contribution in [2.24, 2.45) is 10.2 Å². The Morgan fingerprint density at radius 3 is 2.38 bits per heavy atom. The Labute approximate surface area is 211 Å². The lowest BCUT2D eigenvalue weighted by molar-refractivity contribution is -0.115. The summed E-state index contributed by atoms with van der Waals surface area (Å²) in [5, 5.41) is 23.2. The fourth-order valence-corrected chi connectivity index (χ4v) is 4.10. The molecule has 186 valence electrons. The van der Waals surface area contributed by atoms with Gasteiger partial charge in [0, 0.05) is 28.9 Å². The maximum absolute atomic E-state index is 12.4. The molecule has 0 spiro atoms. The third-order valence-corrected chi connectivity index (χ3v) is 5.87. The molecule has 2 amide bonds. The quantitative estimate of drug-likeness (QED) is 0.477. The van der Waals surface area contributed by atoms with Gasteiger partial charge in [-0.25, -0.2) is 4.79 Å². The van der Waals surface area contributed by atoms with E-state index in [2.05, 4.69) is 20.8 Å². The van der Waals surface area contributed by atoms with E-state index in [1.807, 2.05) is 31.2 Å². The van der Waals surface area contributed by atoms with Crippen LogP contribution < -0.4 is 20.1 Å². The number of carbonyl (C=O) groups excluding carboxylic acids is 2. The number of nitrogens with zero attached hydrogens (tertiary/aromatic N) is 2. The Balaban J connectivity index is 1.27. The van der Waals surface area contributed by atoms with Crippen molar-refractivity contribution in [1.29, 1.82) is 0 Å². The number of aromatic carboxylic acids is 1. The van der Waals surface area contributed by atoms with Crippen LogP contribution in [0.1, 0.15) is 44.3 Å². The van der Waals surface area contributed by atoms with E-state index in [4.69, 9.17) is 9.47 Å². The maximum Gasteiger partial charge on any atom is 0.336 e. The number of amides is 2. The molecule has 3 N–H and O–H groups in total. The lowest BCUT2D eigenvalue weighted by Gasteiger charge is -2.12. The summed E-state index contributed by atoms with van der Waals surface area (Å²) in [6.45, 7) is 1.77. The lowest BCUT2D eigenvalue weighted by Crippen LogP contribution is -2.33. The zero-order valence-corrected chi connectivity index (χ0v) is 19.8. The van der Waals surface area contributed by atoms with Crippen LogP contribution in [0.2, 0.25) is 0 Å². The molecule has 0 atom stereocenters. The van der Waals surface area contributed by atoms with E-state index < -0.39 is 17.8 Å². The number of hydrogen-bond donors (Lipinski definition) is 3. The van der Waals surface area contributed by atoms with Crippen LogP contribution in [0.15, 0.2) is 70.9 Å². The number of benzene rings is 3. The second-order valence-corrected chi connectivity index (χ2v) is 8.48. The summed E-state index contributed by atoms with van der Waals surface area (Å²) < 4.78 is 11.1. The molecule has 0 unspecified atom stereocenters. The Kier molecular flexibility index (Phi) is 6.38. The van der Waals surface area contributed by atoms with Gasteiger partial charge in [0.1, 0.15) is 5.71 Å². The molecule has 10 nitrogen and oxygen atoms in total. The predicted octanol–water partition coefficient (Wildman–Crippen LogP) is 3.25. The van der Waals surface area contributed by atoms with Gasteiger partial charge in [0.15, 0.2) is 11.5 Å². The Hall–Kier alpha value is -4.99. The van der Waals surface area contributed by atoms with Gasteiger partial charge in [-0.05, 0) is 48.9 Å². The van der Waals surface area contributed by atoms with Crippen molar-refractivity contribution in [3.05, 3.63) is 88.5 Å². The van der Waals surface area contributed by atoms with Gasteiger partial charge in [0.05, 0.1) is 17.7 Å². The zero-order chi connectivity index (χ0) is 25.9. The Morgan fingerprint density at radius 1 is 0.946 bits per heavy atom. The summed E-state index contributed by atoms with van der Waals surface area (Å²) in [7, 11) is 0. The Morgan fingerprint density at radius 2 is 1.65 bits per heavy atom. The largest absolute Gasteiger partial charge is 0.478 e. The van der Waals surface area contributed by atoms with Crippen molar-refractivity contribution >= 4 is 34.9 Å². The number of anilines is 1. The number of carboxylic acids is 1. The first-order chi connectivity index (χ1) is 17.9. The number of ether oxygens (including phenoxy) is 2. The summed E-state index contributed by atoms with van der Waals surface area (Å²) in [5.41, 5.74) is 4.63. The average Bonchev–Trinajstić information content (AvgIpc) is 3.28. The zero-order valence-electron chi connectivity index (χ0n) is 19.8. The fourth-order valence-electron chi connectivity index (χ4n) is 4.10. The van der Waals surface area contributed by atoms with Gasteiger partial charge in [-0.1, -0.05) is 24.3 Å². The molecule has 0 radical (unpaired) electrons. The van der Waals surface area contributed by atoms with E-state index in [0.717, 1.165) is 22.4 Å². The van der Waals surface area contributed by atoms with Crippen LogP contribution in [0, 0.1) is 0 Å². The fraction of sp³-hybridized carbons (Fsp3) is 0.148. The summed E-state index contributed by atoms with van der Waals surface area (Å²) >= 11 is 0. The summed E-state index contributed by atoms with van der Waals surface area (Å²) in [6.07, 6.45) is 0.635. The van der Waals surface area contributed by atoms with Gasteiger partial charge < -0.3 is 25.2 Å². The van der Waals surface area contributed by atoms with Gasteiger partial charge in [0.25, 0.3) is 5.91 Å². The van der Waals surface area contributed by atoms with Gasteiger partial charge in [0.2, 0.25) is 12.7 Å². The van der Waals surface area contributed by atoms with Crippen LogP contribution in [0.25, 0.3) is 0 Å². The van der Waals surface area contributed by atoms with E-state index in [1.165, 1.54) is 18.2 Å². The van der Waals surface area contributed by atoms with Crippen LogP contribution in [-0.2, 0) is 11.2 Å². The predicted molar refractivity (Wildman–Crippen MR) is 136 cm³/mol. The van der Waals surface area contributed by atoms with Gasteiger partial charge in [-0.15, -0.1) is 5.10 Å². The second kappa shape index (κ2) is 9.94. The number of fused-ring (bicyclic) bond motifs is 2. The summed E-state index contributed by atoms with van der Waals surface area (Å²) in [4.78, 5) is 36.1. The summed E-state index contributed by atoms with van der Waals surface area (Å²) in [6, 6.07) is 16.8. The molecule has 0 aliphatic carbocycles. The third kappa shape index (κ3) is 5.03. The molecule has 3 aromatic carbocycles. The first kappa shape index (κ1) is 23.7. The molecule has 2 aliphatic heterocycles. The molecule has 0 saturated carbocycles. The smallest absolute Gasteiger partial charge is 0.336 e. The van der Waals surface area contributed by atoms with Crippen molar-refractivity contribution in [3.63, 3.8) is 0 Å². The van der Waals surface area contributed by atoms with Crippen LogP contribution in [0.4, 0.5) is 5.69 Å². The third-order valence-electron chi connectivity index (χ3n) is 5.87. The number of carboxylic acid groups (broad SMARTS) is 1. The molecule has 2 aliphatic rings. The monoisotopic (exact) mass is 498 g/mol. The molecule has 2 heterocycles. The molecule has 10 heteroatoms. The number of rotatable bonds is 6. The van der Waals surface area contributed by atoms with Crippen molar-refractivity contribution in [2.75, 3.05) is 18.7 Å². The van der Waals surface area contributed by atoms with Crippen LogP contribution in [0.5, 0.6) is 11.5 Å². The minimum atomic E-state index is -1.22. The maximum atomic E-state index is 12.4. The van der Waals surface area contributed by atoms with Gasteiger partial charge in [-0.3, -0.25) is 9.59 Å². The standard InChI is InChI=1S/C27H22N4O6/c1-15-10-17-11-22-23(37-14-36-22)12-21(17)25(31-30-15)16-6-8-18(9-7-16)29-24(32)13-28-26(33)19-4-2-3-5-20(19)27(34)35/h2-9,11-12H,10,13-14H2,1H3,(H,28,33)(H,29,32)(H,34,35). The van der Waals surface area contributed by atoms with Crippen molar-refractivity contribution in [3.8, 4) is 11.5 Å². The highest BCUT2D eigenvalue weighted by Gasteiger charge is 2.23. The highest BCUT2D eigenvalue weighted by atomic mass is 16.7. The molecular weight excluding hydrogens is 476 g/mol. The molecular formula is C27H22N4O6. The van der Waals surface area contributed by atoms with E-state index in [0.29, 0.717) is 29.3 Å². The van der Waals surface area contributed by atoms with Crippen molar-refractivity contribution < 1.29 is 29.0 Å². The molecule has 5 rings (SSSR count). The highest BCUT2D eigenvalue weighted by Crippen LogP contribution is 2.36. The van der Waals surface area contributed by atoms with E-state index in [-0.39, 0.29) is 24.5 Å². The van der Waals surface area contributed by atoms with Gasteiger partial charge >= 0.3 is 5.97 Å².